The number of rotatable bonds is 5. The van der Waals surface area contributed by atoms with Crippen molar-refractivity contribution in [2.75, 3.05) is 6.61 Å². The van der Waals surface area contributed by atoms with Crippen molar-refractivity contribution in [1.82, 2.24) is 4.57 Å². The summed E-state index contributed by atoms with van der Waals surface area (Å²) in [5.74, 6) is 0. The van der Waals surface area contributed by atoms with Gasteiger partial charge in [0.25, 0.3) is 5.69 Å². The van der Waals surface area contributed by atoms with E-state index in [4.69, 9.17) is 5.11 Å². The van der Waals surface area contributed by atoms with E-state index in [0.29, 0.717) is 13.0 Å². The van der Waals surface area contributed by atoms with Crippen molar-refractivity contribution in [3.63, 3.8) is 0 Å². The third-order valence-electron chi connectivity index (χ3n) is 3.71. The minimum absolute atomic E-state index is 0.0893. The largest absolute Gasteiger partial charge is 0.396 e. The lowest BCUT2D eigenvalue weighted by molar-refractivity contribution is -0.384. The molecule has 2 aromatic carbocycles. The molecule has 0 bridgehead atoms. The molecule has 0 unspecified atom stereocenters. The summed E-state index contributed by atoms with van der Waals surface area (Å²) in [6, 6.07) is 16.8. The SMILES string of the molecule is O=[N+]([O-])c1ccc2c(c1)cc(-c1ccccc1)n2CCCO. The van der Waals surface area contributed by atoms with Gasteiger partial charge in [0.1, 0.15) is 0 Å². The summed E-state index contributed by atoms with van der Waals surface area (Å²) in [6.07, 6.45) is 0.639. The first-order valence-electron chi connectivity index (χ1n) is 7.14. The fourth-order valence-electron chi connectivity index (χ4n) is 2.69. The lowest BCUT2D eigenvalue weighted by Gasteiger charge is -2.10. The van der Waals surface area contributed by atoms with Gasteiger partial charge in [-0.25, -0.2) is 0 Å². The number of aliphatic hydroxyl groups is 1. The van der Waals surface area contributed by atoms with E-state index in [1.54, 1.807) is 12.1 Å². The monoisotopic (exact) mass is 296 g/mol. The zero-order chi connectivity index (χ0) is 15.5. The summed E-state index contributed by atoms with van der Waals surface area (Å²) in [5.41, 5.74) is 3.09. The topological polar surface area (TPSA) is 68.3 Å². The minimum atomic E-state index is -0.382. The maximum Gasteiger partial charge on any atom is 0.270 e. The van der Waals surface area contributed by atoms with E-state index >= 15 is 0 Å². The Morgan fingerprint density at radius 2 is 1.86 bits per heavy atom. The van der Waals surface area contributed by atoms with Crippen molar-refractivity contribution in [1.29, 1.82) is 0 Å². The summed E-state index contributed by atoms with van der Waals surface area (Å²) in [6.45, 7) is 0.781. The highest BCUT2D eigenvalue weighted by molar-refractivity contribution is 5.88. The molecule has 1 N–H and O–H groups in total. The molecule has 3 rings (SSSR count). The van der Waals surface area contributed by atoms with Gasteiger partial charge in [-0.1, -0.05) is 30.3 Å². The van der Waals surface area contributed by atoms with Gasteiger partial charge in [0.05, 0.1) is 4.92 Å². The summed E-state index contributed by atoms with van der Waals surface area (Å²) in [4.78, 5) is 10.6. The highest BCUT2D eigenvalue weighted by Gasteiger charge is 2.13. The second kappa shape index (κ2) is 5.99. The van der Waals surface area contributed by atoms with E-state index in [9.17, 15) is 10.1 Å². The maximum atomic E-state index is 10.9. The molecule has 5 heteroatoms. The molecule has 0 fully saturated rings. The van der Waals surface area contributed by atoms with Crippen LogP contribution in [0.25, 0.3) is 22.2 Å². The van der Waals surface area contributed by atoms with Crippen LogP contribution in [-0.4, -0.2) is 21.2 Å². The van der Waals surface area contributed by atoms with Gasteiger partial charge in [0, 0.05) is 41.9 Å². The number of nitro benzene ring substituents is 1. The van der Waals surface area contributed by atoms with Gasteiger partial charge in [-0.05, 0) is 24.1 Å². The summed E-state index contributed by atoms with van der Waals surface area (Å²) in [7, 11) is 0. The van der Waals surface area contributed by atoms with Crippen molar-refractivity contribution in [2.24, 2.45) is 0 Å². The third kappa shape index (κ3) is 2.58. The van der Waals surface area contributed by atoms with Crippen molar-refractivity contribution < 1.29 is 10.0 Å². The molecular formula is C17H16N2O3. The number of nitro groups is 1. The highest BCUT2D eigenvalue weighted by atomic mass is 16.6. The summed E-state index contributed by atoms with van der Waals surface area (Å²) < 4.78 is 2.10. The predicted molar refractivity (Wildman–Crippen MR) is 85.7 cm³/mol. The molecular weight excluding hydrogens is 280 g/mol. The number of hydrogen-bond acceptors (Lipinski definition) is 3. The van der Waals surface area contributed by atoms with Gasteiger partial charge in [0.15, 0.2) is 0 Å². The highest BCUT2D eigenvalue weighted by Crippen LogP contribution is 2.30. The fourth-order valence-corrected chi connectivity index (χ4v) is 2.69. The average molecular weight is 296 g/mol. The Labute approximate surface area is 127 Å². The van der Waals surface area contributed by atoms with Crippen LogP contribution < -0.4 is 0 Å². The lowest BCUT2D eigenvalue weighted by atomic mass is 10.1. The molecule has 0 aliphatic heterocycles. The minimum Gasteiger partial charge on any atom is -0.396 e. The van der Waals surface area contributed by atoms with E-state index in [1.807, 2.05) is 36.4 Å². The van der Waals surface area contributed by atoms with Gasteiger partial charge in [0.2, 0.25) is 0 Å². The van der Waals surface area contributed by atoms with Crippen LogP contribution in [0.1, 0.15) is 6.42 Å². The Morgan fingerprint density at radius 3 is 2.55 bits per heavy atom. The molecule has 1 aromatic heterocycles. The molecule has 0 radical (unpaired) electrons. The van der Waals surface area contributed by atoms with Crippen LogP contribution in [0.3, 0.4) is 0 Å². The summed E-state index contributed by atoms with van der Waals surface area (Å²) >= 11 is 0. The van der Waals surface area contributed by atoms with Crippen LogP contribution in [0.5, 0.6) is 0 Å². The quantitative estimate of drug-likeness (QED) is 0.577. The first kappa shape index (κ1) is 14.3. The molecule has 22 heavy (non-hydrogen) atoms. The molecule has 0 amide bonds. The van der Waals surface area contributed by atoms with Gasteiger partial charge in [-0.15, -0.1) is 0 Å². The number of hydrogen-bond donors (Lipinski definition) is 1. The number of aryl methyl sites for hydroxylation is 1. The van der Waals surface area contributed by atoms with Gasteiger partial charge >= 0.3 is 0 Å². The van der Waals surface area contributed by atoms with Crippen LogP contribution in [0, 0.1) is 10.1 Å². The molecule has 0 saturated carbocycles. The van der Waals surface area contributed by atoms with Crippen molar-refractivity contribution in [3.8, 4) is 11.3 Å². The Kier molecular flexibility index (Phi) is 3.89. The fraction of sp³-hybridized carbons (Fsp3) is 0.176. The van der Waals surface area contributed by atoms with E-state index < -0.39 is 0 Å². The third-order valence-corrected chi connectivity index (χ3v) is 3.71. The number of aliphatic hydroxyl groups excluding tert-OH is 1. The van der Waals surface area contributed by atoms with Crippen molar-refractivity contribution in [2.45, 2.75) is 13.0 Å². The molecule has 0 spiro atoms. The van der Waals surface area contributed by atoms with E-state index in [-0.39, 0.29) is 17.2 Å². The molecule has 1 heterocycles. The zero-order valence-electron chi connectivity index (χ0n) is 12.0. The van der Waals surface area contributed by atoms with E-state index in [1.165, 1.54) is 6.07 Å². The second-order valence-corrected chi connectivity index (χ2v) is 5.12. The second-order valence-electron chi connectivity index (χ2n) is 5.12. The van der Waals surface area contributed by atoms with Gasteiger partial charge in [-0.3, -0.25) is 10.1 Å². The predicted octanol–water partition coefficient (Wildman–Crippen LogP) is 3.60. The maximum absolute atomic E-state index is 10.9. The molecule has 112 valence electrons. The first-order valence-corrected chi connectivity index (χ1v) is 7.14. The Morgan fingerprint density at radius 1 is 1.09 bits per heavy atom. The van der Waals surface area contributed by atoms with Crippen LogP contribution in [-0.2, 0) is 6.54 Å². The lowest BCUT2D eigenvalue weighted by Crippen LogP contribution is -2.02. The van der Waals surface area contributed by atoms with E-state index in [2.05, 4.69) is 4.57 Å². The molecule has 3 aromatic rings. The van der Waals surface area contributed by atoms with Crippen LogP contribution in [0.4, 0.5) is 5.69 Å². The smallest absolute Gasteiger partial charge is 0.270 e. The van der Waals surface area contributed by atoms with Crippen molar-refractivity contribution in [3.05, 3.63) is 64.7 Å². The van der Waals surface area contributed by atoms with Gasteiger partial charge in [-0.2, -0.15) is 0 Å². The number of aromatic nitrogens is 1. The Hall–Kier alpha value is -2.66. The number of non-ortho nitro benzene ring substituents is 1. The standard InChI is InChI=1S/C17H16N2O3/c20-10-4-9-18-16-8-7-15(19(21)22)11-14(16)12-17(18)13-5-2-1-3-6-13/h1-3,5-8,11-12,20H,4,9-10H2. The zero-order valence-corrected chi connectivity index (χ0v) is 12.0. The molecule has 0 aliphatic carbocycles. The van der Waals surface area contributed by atoms with Crippen molar-refractivity contribution >= 4 is 16.6 Å². The number of benzene rings is 2. The van der Waals surface area contributed by atoms with Gasteiger partial charge < -0.3 is 9.67 Å². The Balaban J connectivity index is 2.18. The number of nitrogens with zero attached hydrogens (tertiary/aromatic N) is 2. The van der Waals surface area contributed by atoms with Crippen LogP contribution in [0.2, 0.25) is 0 Å². The van der Waals surface area contributed by atoms with Crippen LogP contribution in [0.15, 0.2) is 54.6 Å². The van der Waals surface area contributed by atoms with E-state index in [0.717, 1.165) is 22.2 Å². The first-order chi connectivity index (χ1) is 10.7. The molecule has 5 nitrogen and oxygen atoms in total. The normalized spacial score (nSPS) is 11.0. The summed E-state index contributed by atoms with van der Waals surface area (Å²) in [5, 5.41) is 20.9. The Bertz CT molecular complexity index is 809. The average Bonchev–Trinajstić information content (AvgIpc) is 2.91. The molecule has 0 aliphatic rings. The molecule has 0 atom stereocenters. The number of fused-ring (bicyclic) bond motifs is 1. The molecule has 0 saturated heterocycles. The van der Waals surface area contributed by atoms with Crippen LogP contribution >= 0.6 is 0 Å².